The Hall–Kier alpha value is -1.26. The second-order valence-corrected chi connectivity index (χ2v) is 6.74. The van der Waals surface area contributed by atoms with Crippen molar-refractivity contribution in [3.63, 3.8) is 0 Å². The standard InChI is InChI=1S/C16H19FN2S/c1-11-6-8-16(18,9-7-11)15-19-14(10-20-15)12-2-4-13(17)5-3-12/h2-5,10-11H,6-9,18H2,1H3. The lowest BCUT2D eigenvalue weighted by molar-refractivity contribution is 0.247. The molecule has 0 spiro atoms. The van der Waals surface area contributed by atoms with Crippen LogP contribution in [-0.4, -0.2) is 4.98 Å². The molecule has 0 amide bonds. The maximum atomic E-state index is 13.0. The van der Waals surface area contributed by atoms with Crippen LogP contribution < -0.4 is 5.73 Å². The van der Waals surface area contributed by atoms with Gasteiger partial charge in [-0.3, -0.25) is 0 Å². The molecule has 1 heterocycles. The third kappa shape index (κ3) is 2.63. The second kappa shape index (κ2) is 5.26. The van der Waals surface area contributed by atoms with Gasteiger partial charge in [0.25, 0.3) is 0 Å². The smallest absolute Gasteiger partial charge is 0.123 e. The first kappa shape index (κ1) is 13.7. The van der Waals surface area contributed by atoms with E-state index in [1.54, 1.807) is 23.5 Å². The van der Waals surface area contributed by atoms with Crippen LogP contribution >= 0.6 is 11.3 Å². The normalized spacial score (nSPS) is 26.6. The summed E-state index contributed by atoms with van der Waals surface area (Å²) in [5.74, 6) is 0.545. The summed E-state index contributed by atoms with van der Waals surface area (Å²) in [6.07, 6.45) is 4.35. The van der Waals surface area contributed by atoms with Crippen LogP contribution in [0.5, 0.6) is 0 Å². The average Bonchev–Trinajstić information content (AvgIpc) is 2.94. The van der Waals surface area contributed by atoms with E-state index < -0.39 is 0 Å². The van der Waals surface area contributed by atoms with Gasteiger partial charge in [0.2, 0.25) is 0 Å². The van der Waals surface area contributed by atoms with Gasteiger partial charge >= 0.3 is 0 Å². The summed E-state index contributed by atoms with van der Waals surface area (Å²) in [5.41, 5.74) is 8.12. The fourth-order valence-electron chi connectivity index (χ4n) is 2.75. The first-order valence-electron chi connectivity index (χ1n) is 7.08. The molecular formula is C16H19FN2S. The van der Waals surface area contributed by atoms with Gasteiger partial charge in [0.05, 0.1) is 11.2 Å². The van der Waals surface area contributed by atoms with E-state index in [1.165, 1.54) is 25.0 Å². The molecule has 1 aliphatic rings. The molecule has 3 rings (SSSR count). The van der Waals surface area contributed by atoms with E-state index in [2.05, 4.69) is 6.92 Å². The Kier molecular flexibility index (Phi) is 3.61. The van der Waals surface area contributed by atoms with Crippen LogP contribution in [0.3, 0.4) is 0 Å². The molecule has 2 aromatic rings. The number of benzene rings is 1. The summed E-state index contributed by atoms with van der Waals surface area (Å²) in [7, 11) is 0. The van der Waals surface area contributed by atoms with Gasteiger partial charge in [-0.1, -0.05) is 6.92 Å². The molecule has 20 heavy (non-hydrogen) atoms. The summed E-state index contributed by atoms with van der Waals surface area (Å²) in [4.78, 5) is 4.70. The second-order valence-electron chi connectivity index (χ2n) is 5.88. The summed E-state index contributed by atoms with van der Waals surface area (Å²) in [6, 6.07) is 6.46. The molecule has 0 atom stereocenters. The Morgan fingerprint density at radius 1 is 1.25 bits per heavy atom. The maximum absolute atomic E-state index is 13.0. The number of nitrogens with zero attached hydrogens (tertiary/aromatic N) is 1. The zero-order valence-electron chi connectivity index (χ0n) is 11.6. The van der Waals surface area contributed by atoms with Crippen molar-refractivity contribution in [2.75, 3.05) is 0 Å². The lowest BCUT2D eigenvalue weighted by atomic mass is 9.78. The van der Waals surface area contributed by atoms with E-state index >= 15 is 0 Å². The van der Waals surface area contributed by atoms with Crippen LogP contribution in [0.15, 0.2) is 29.6 Å². The predicted octanol–water partition coefficient (Wildman–Crippen LogP) is 4.31. The minimum atomic E-state index is -0.268. The van der Waals surface area contributed by atoms with Crippen molar-refractivity contribution in [2.24, 2.45) is 11.7 Å². The van der Waals surface area contributed by atoms with Gasteiger partial charge in [0.15, 0.2) is 0 Å². The summed E-state index contributed by atoms with van der Waals surface area (Å²) in [5, 5.41) is 3.04. The Balaban J connectivity index is 1.85. The summed E-state index contributed by atoms with van der Waals surface area (Å²) in [6.45, 7) is 2.28. The van der Waals surface area contributed by atoms with Gasteiger partial charge in [-0.25, -0.2) is 9.37 Å². The first-order valence-corrected chi connectivity index (χ1v) is 7.96. The number of hydrogen-bond donors (Lipinski definition) is 1. The number of nitrogens with two attached hydrogens (primary N) is 1. The molecule has 2 nitrogen and oxygen atoms in total. The molecule has 106 valence electrons. The summed E-state index contributed by atoms with van der Waals surface area (Å²) < 4.78 is 13.0. The number of rotatable bonds is 2. The van der Waals surface area contributed by atoms with E-state index in [4.69, 9.17) is 10.7 Å². The molecule has 0 saturated heterocycles. The molecule has 1 aliphatic carbocycles. The molecule has 0 bridgehead atoms. The highest BCUT2D eigenvalue weighted by molar-refractivity contribution is 7.10. The van der Waals surface area contributed by atoms with Gasteiger partial charge in [-0.2, -0.15) is 0 Å². The number of hydrogen-bond acceptors (Lipinski definition) is 3. The van der Waals surface area contributed by atoms with Gasteiger partial charge in [0, 0.05) is 10.9 Å². The molecule has 1 aromatic carbocycles. The predicted molar refractivity (Wildman–Crippen MR) is 81.0 cm³/mol. The molecule has 1 fully saturated rings. The molecular weight excluding hydrogens is 271 g/mol. The maximum Gasteiger partial charge on any atom is 0.123 e. The topological polar surface area (TPSA) is 38.9 Å². The van der Waals surface area contributed by atoms with Crippen molar-refractivity contribution >= 4 is 11.3 Å². The zero-order valence-corrected chi connectivity index (χ0v) is 12.4. The highest BCUT2D eigenvalue weighted by Gasteiger charge is 2.34. The van der Waals surface area contributed by atoms with Crippen molar-refractivity contribution in [3.8, 4) is 11.3 Å². The number of halogens is 1. The number of thiazole rings is 1. The molecule has 1 aromatic heterocycles. The molecule has 0 unspecified atom stereocenters. The van der Waals surface area contributed by atoms with Crippen LogP contribution in [0.1, 0.15) is 37.6 Å². The van der Waals surface area contributed by atoms with E-state index in [9.17, 15) is 4.39 Å². The third-order valence-corrected chi connectivity index (χ3v) is 5.30. The van der Waals surface area contributed by atoms with Crippen LogP contribution in [0, 0.1) is 11.7 Å². The van der Waals surface area contributed by atoms with Crippen molar-refractivity contribution < 1.29 is 4.39 Å². The van der Waals surface area contributed by atoms with E-state index in [-0.39, 0.29) is 11.4 Å². The van der Waals surface area contributed by atoms with Gasteiger partial charge in [0.1, 0.15) is 10.8 Å². The van der Waals surface area contributed by atoms with Crippen LogP contribution in [0.4, 0.5) is 4.39 Å². The van der Waals surface area contributed by atoms with Crippen molar-refractivity contribution in [1.29, 1.82) is 0 Å². The molecule has 1 saturated carbocycles. The van der Waals surface area contributed by atoms with Crippen molar-refractivity contribution in [2.45, 2.75) is 38.1 Å². The van der Waals surface area contributed by atoms with Crippen LogP contribution in [0.25, 0.3) is 11.3 Å². The van der Waals surface area contributed by atoms with E-state index in [0.717, 1.165) is 35.0 Å². The highest BCUT2D eigenvalue weighted by atomic mass is 32.1. The molecule has 0 radical (unpaired) electrons. The monoisotopic (exact) mass is 290 g/mol. The zero-order chi connectivity index (χ0) is 14.2. The van der Waals surface area contributed by atoms with Crippen LogP contribution in [0.2, 0.25) is 0 Å². The lowest BCUT2D eigenvalue weighted by Gasteiger charge is -2.34. The molecule has 4 heteroatoms. The lowest BCUT2D eigenvalue weighted by Crippen LogP contribution is -2.40. The van der Waals surface area contributed by atoms with E-state index in [0.29, 0.717) is 0 Å². The SMILES string of the molecule is CC1CCC(N)(c2nc(-c3ccc(F)cc3)cs2)CC1. The summed E-state index contributed by atoms with van der Waals surface area (Å²) >= 11 is 1.63. The highest BCUT2D eigenvalue weighted by Crippen LogP contribution is 2.39. The first-order chi connectivity index (χ1) is 9.57. The molecule has 2 N–H and O–H groups in total. The Labute approximate surface area is 122 Å². The van der Waals surface area contributed by atoms with Crippen molar-refractivity contribution in [3.05, 3.63) is 40.5 Å². The largest absolute Gasteiger partial charge is 0.319 e. The van der Waals surface area contributed by atoms with Crippen molar-refractivity contribution in [1.82, 2.24) is 4.98 Å². The fourth-order valence-corrected chi connectivity index (χ4v) is 3.75. The third-order valence-electron chi connectivity index (χ3n) is 4.24. The average molecular weight is 290 g/mol. The Bertz CT molecular complexity index is 583. The molecule has 0 aliphatic heterocycles. The Morgan fingerprint density at radius 3 is 2.55 bits per heavy atom. The van der Waals surface area contributed by atoms with Crippen LogP contribution in [-0.2, 0) is 5.54 Å². The van der Waals surface area contributed by atoms with Gasteiger partial charge < -0.3 is 5.73 Å². The fraction of sp³-hybridized carbons (Fsp3) is 0.438. The minimum Gasteiger partial charge on any atom is -0.319 e. The van der Waals surface area contributed by atoms with E-state index in [1.807, 2.05) is 5.38 Å². The minimum absolute atomic E-state index is 0.222. The number of aromatic nitrogens is 1. The van der Waals surface area contributed by atoms with Gasteiger partial charge in [-0.15, -0.1) is 11.3 Å². The van der Waals surface area contributed by atoms with Gasteiger partial charge in [-0.05, 0) is 55.9 Å². The Morgan fingerprint density at radius 2 is 1.90 bits per heavy atom. The quantitative estimate of drug-likeness (QED) is 0.895.